The lowest BCUT2D eigenvalue weighted by Crippen LogP contribution is -2.07. The fourth-order valence-corrected chi connectivity index (χ4v) is 2.19. The van der Waals surface area contributed by atoms with Gasteiger partial charge in [0.1, 0.15) is 11.1 Å². The number of halogens is 1. The molecule has 6 heteroatoms. The van der Waals surface area contributed by atoms with E-state index in [0.29, 0.717) is 0 Å². The van der Waals surface area contributed by atoms with Crippen LogP contribution in [0.4, 0.5) is 5.69 Å². The number of benzene rings is 2. The Labute approximate surface area is 123 Å². The average Bonchev–Trinajstić information content (AvgIpc) is 2.46. The van der Waals surface area contributed by atoms with Gasteiger partial charge in [-0.3, -0.25) is 10.1 Å². The highest BCUT2D eigenvalue weighted by Crippen LogP contribution is 2.28. The predicted octanol–water partition coefficient (Wildman–Crippen LogP) is 3.71. The molecule has 0 aliphatic carbocycles. The highest BCUT2D eigenvalue weighted by atomic mass is 79.9. The molecule has 0 amide bonds. The molecular weight excluding hydrogens is 326 g/mol. The molecule has 0 bridgehead atoms. The van der Waals surface area contributed by atoms with E-state index in [-0.39, 0.29) is 22.3 Å². The van der Waals surface area contributed by atoms with Crippen LogP contribution in [0, 0.1) is 10.1 Å². The number of carbonyl (C=O) groups is 1. The third-order valence-corrected chi connectivity index (χ3v) is 3.44. The molecule has 0 saturated heterocycles. The monoisotopic (exact) mass is 335 g/mol. The standard InChI is InChI=1S/C14H10BrNO4/c15-13-11(7-4-8-12(13)16(18)19)14(17)20-9-10-5-2-1-3-6-10/h1-8H,9H2. The van der Waals surface area contributed by atoms with Crippen LogP contribution < -0.4 is 0 Å². The molecule has 0 aromatic heterocycles. The van der Waals surface area contributed by atoms with Crippen molar-refractivity contribution in [3.05, 3.63) is 74.2 Å². The Kier molecular flexibility index (Phi) is 4.47. The van der Waals surface area contributed by atoms with Crippen LogP contribution in [0.3, 0.4) is 0 Å². The topological polar surface area (TPSA) is 69.4 Å². The van der Waals surface area contributed by atoms with Crippen molar-refractivity contribution in [2.24, 2.45) is 0 Å². The maximum atomic E-state index is 11.9. The number of ether oxygens (including phenoxy) is 1. The Bertz CT molecular complexity index is 643. The van der Waals surface area contributed by atoms with Crippen LogP contribution >= 0.6 is 15.9 Å². The predicted molar refractivity (Wildman–Crippen MR) is 76.4 cm³/mol. The van der Waals surface area contributed by atoms with Crippen LogP contribution in [0.25, 0.3) is 0 Å². The number of esters is 1. The molecule has 0 aliphatic heterocycles. The van der Waals surface area contributed by atoms with Crippen molar-refractivity contribution in [1.82, 2.24) is 0 Å². The first-order chi connectivity index (χ1) is 9.59. The molecule has 0 fully saturated rings. The number of nitro benzene ring substituents is 1. The second-order valence-electron chi connectivity index (χ2n) is 3.96. The molecule has 0 aliphatic rings. The van der Waals surface area contributed by atoms with E-state index in [0.717, 1.165) is 5.56 Å². The molecule has 0 heterocycles. The van der Waals surface area contributed by atoms with Crippen LogP contribution in [-0.4, -0.2) is 10.9 Å². The van der Waals surface area contributed by atoms with Gasteiger partial charge in [0.15, 0.2) is 0 Å². The molecule has 0 radical (unpaired) electrons. The zero-order valence-corrected chi connectivity index (χ0v) is 11.9. The summed E-state index contributed by atoms with van der Waals surface area (Å²) in [6, 6.07) is 13.4. The van der Waals surface area contributed by atoms with Gasteiger partial charge in [-0.2, -0.15) is 0 Å². The van der Waals surface area contributed by atoms with E-state index in [9.17, 15) is 14.9 Å². The normalized spacial score (nSPS) is 10.1. The third kappa shape index (κ3) is 3.21. The molecule has 0 saturated carbocycles. The lowest BCUT2D eigenvalue weighted by Gasteiger charge is -2.06. The molecular formula is C14H10BrNO4. The Balaban J connectivity index is 2.14. The molecule has 2 rings (SSSR count). The maximum Gasteiger partial charge on any atom is 0.339 e. The molecule has 0 N–H and O–H groups in total. The fraction of sp³-hybridized carbons (Fsp3) is 0.0714. The molecule has 0 spiro atoms. The zero-order valence-electron chi connectivity index (χ0n) is 10.3. The lowest BCUT2D eigenvalue weighted by atomic mass is 10.2. The first-order valence-corrected chi connectivity index (χ1v) is 6.53. The highest BCUT2D eigenvalue weighted by Gasteiger charge is 2.20. The second-order valence-corrected chi connectivity index (χ2v) is 4.75. The van der Waals surface area contributed by atoms with Crippen LogP contribution in [0.15, 0.2) is 53.0 Å². The number of carbonyl (C=O) groups excluding carboxylic acids is 1. The molecule has 2 aromatic carbocycles. The smallest absolute Gasteiger partial charge is 0.339 e. The van der Waals surface area contributed by atoms with Crippen molar-refractivity contribution < 1.29 is 14.5 Å². The zero-order chi connectivity index (χ0) is 14.5. The summed E-state index contributed by atoms with van der Waals surface area (Å²) in [7, 11) is 0. The van der Waals surface area contributed by atoms with Crippen LogP contribution in [-0.2, 0) is 11.3 Å². The number of hydrogen-bond acceptors (Lipinski definition) is 4. The Morgan fingerprint density at radius 1 is 1.15 bits per heavy atom. The summed E-state index contributed by atoms with van der Waals surface area (Å²) in [5.74, 6) is -0.607. The Morgan fingerprint density at radius 3 is 2.50 bits per heavy atom. The summed E-state index contributed by atoms with van der Waals surface area (Å²) in [5.41, 5.74) is 0.816. The Morgan fingerprint density at radius 2 is 1.85 bits per heavy atom. The van der Waals surface area contributed by atoms with E-state index in [1.54, 1.807) is 0 Å². The van der Waals surface area contributed by atoms with E-state index < -0.39 is 10.9 Å². The van der Waals surface area contributed by atoms with Gasteiger partial charge in [0.05, 0.1) is 10.5 Å². The van der Waals surface area contributed by atoms with E-state index in [1.807, 2.05) is 30.3 Å². The van der Waals surface area contributed by atoms with Gasteiger partial charge in [-0.25, -0.2) is 4.79 Å². The van der Waals surface area contributed by atoms with E-state index in [2.05, 4.69) is 15.9 Å². The lowest BCUT2D eigenvalue weighted by molar-refractivity contribution is -0.385. The fourth-order valence-electron chi connectivity index (χ4n) is 1.62. The second kappa shape index (κ2) is 6.29. The van der Waals surface area contributed by atoms with Crippen molar-refractivity contribution >= 4 is 27.6 Å². The first-order valence-electron chi connectivity index (χ1n) is 5.73. The molecule has 5 nitrogen and oxygen atoms in total. The van der Waals surface area contributed by atoms with E-state index in [4.69, 9.17) is 4.74 Å². The number of hydrogen-bond donors (Lipinski definition) is 0. The third-order valence-electron chi connectivity index (χ3n) is 2.61. The van der Waals surface area contributed by atoms with Gasteiger partial charge in [-0.05, 0) is 27.6 Å². The average molecular weight is 336 g/mol. The molecule has 2 aromatic rings. The van der Waals surface area contributed by atoms with Crippen molar-refractivity contribution in [1.29, 1.82) is 0 Å². The Hall–Kier alpha value is -2.21. The van der Waals surface area contributed by atoms with E-state index in [1.165, 1.54) is 18.2 Å². The van der Waals surface area contributed by atoms with Gasteiger partial charge in [-0.1, -0.05) is 36.4 Å². The van der Waals surface area contributed by atoms with Crippen molar-refractivity contribution in [2.75, 3.05) is 0 Å². The summed E-state index contributed by atoms with van der Waals surface area (Å²) >= 11 is 3.07. The maximum absolute atomic E-state index is 11.9. The minimum absolute atomic E-state index is 0.120. The van der Waals surface area contributed by atoms with Crippen LogP contribution in [0.1, 0.15) is 15.9 Å². The number of rotatable bonds is 4. The largest absolute Gasteiger partial charge is 0.457 e. The number of nitrogens with zero attached hydrogens (tertiary/aromatic N) is 1. The van der Waals surface area contributed by atoms with E-state index >= 15 is 0 Å². The van der Waals surface area contributed by atoms with Gasteiger partial charge >= 0.3 is 5.97 Å². The van der Waals surface area contributed by atoms with Gasteiger partial charge in [0, 0.05) is 6.07 Å². The summed E-state index contributed by atoms with van der Waals surface area (Å²) in [6.07, 6.45) is 0. The van der Waals surface area contributed by atoms with Crippen molar-refractivity contribution in [2.45, 2.75) is 6.61 Å². The quantitative estimate of drug-likeness (QED) is 0.485. The SMILES string of the molecule is O=C(OCc1ccccc1)c1cccc([N+](=O)[O-])c1Br. The van der Waals surface area contributed by atoms with Crippen molar-refractivity contribution in [3.8, 4) is 0 Å². The van der Waals surface area contributed by atoms with Gasteiger partial charge in [0.2, 0.25) is 0 Å². The molecule has 0 unspecified atom stereocenters. The molecule has 102 valence electrons. The molecule has 0 atom stereocenters. The summed E-state index contributed by atoms with van der Waals surface area (Å²) in [6.45, 7) is 0.120. The van der Waals surface area contributed by atoms with Gasteiger partial charge in [-0.15, -0.1) is 0 Å². The summed E-state index contributed by atoms with van der Waals surface area (Å²) in [4.78, 5) is 22.2. The minimum atomic E-state index is -0.607. The minimum Gasteiger partial charge on any atom is -0.457 e. The summed E-state index contributed by atoms with van der Waals surface area (Å²) in [5, 5.41) is 10.8. The highest BCUT2D eigenvalue weighted by molar-refractivity contribution is 9.10. The van der Waals surface area contributed by atoms with Gasteiger partial charge < -0.3 is 4.74 Å². The number of nitro groups is 1. The van der Waals surface area contributed by atoms with Crippen molar-refractivity contribution in [3.63, 3.8) is 0 Å². The van der Waals surface area contributed by atoms with Crippen LogP contribution in [0.5, 0.6) is 0 Å². The van der Waals surface area contributed by atoms with Crippen LogP contribution in [0.2, 0.25) is 0 Å². The van der Waals surface area contributed by atoms with Gasteiger partial charge in [0.25, 0.3) is 5.69 Å². The molecule has 20 heavy (non-hydrogen) atoms. The first kappa shape index (κ1) is 14.2. The summed E-state index contributed by atoms with van der Waals surface area (Å²) < 4.78 is 5.27.